The first kappa shape index (κ1) is 30.3. The van der Waals surface area contributed by atoms with E-state index in [0.29, 0.717) is 0 Å². The molecule has 1 heterocycles. The Labute approximate surface area is 303 Å². The van der Waals surface area contributed by atoms with Crippen molar-refractivity contribution < 1.29 is 0 Å². The standard InChI is InChI=1S/C49H35N3/c1-49(2)42-21-13-12-20-40(42)41-31-38(26-28-43(41)49)52(36-18-10-5-11-19-36)37-25-27-39-35(30-37)23-22-32-24-29-44-48(45(32)39)51-47(34-16-8-4-9-17-34)46(50-44)33-14-6-3-7-15-33/h3-31H,1-2H3. The monoisotopic (exact) mass is 665 g/mol. The van der Waals surface area contributed by atoms with Crippen LogP contribution in [0.25, 0.3) is 66.2 Å². The van der Waals surface area contributed by atoms with Gasteiger partial charge >= 0.3 is 0 Å². The highest BCUT2D eigenvalue weighted by molar-refractivity contribution is 6.19. The summed E-state index contributed by atoms with van der Waals surface area (Å²) in [7, 11) is 0. The maximum absolute atomic E-state index is 5.44. The van der Waals surface area contributed by atoms with Gasteiger partial charge in [0.2, 0.25) is 0 Å². The van der Waals surface area contributed by atoms with E-state index in [1.807, 2.05) is 12.1 Å². The molecule has 3 heteroatoms. The van der Waals surface area contributed by atoms with Crippen molar-refractivity contribution in [1.29, 1.82) is 0 Å². The number of fused-ring (bicyclic) bond motifs is 8. The fourth-order valence-corrected chi connectivity index (χ4v) is 8.26. The zero-order valence-electron chi connectivity index (χ0n) is 29.1. The summed E-state index contributed by atoms with van der Waals surface area (Å²) in [6.45, 7) is 4.67. The molecule has 10 rings (SSSR count). The summed E-state index contributed by atoms with van der Waals surface area (Å²) in [5.41, 5.74) is 14.4. The number of anilines is 3. The van der Waals surface area contributed by atoms with E-state index in [-0.39, 0.29) is 5.41 Å². The van der Waals surface area contributed by atoms with Gasteiger partial charge < -0.3 is 4.90 Å². The molecule has 9 aromatic rings. The minimum atomic E-state index is -0.0417. The molecule has 0 spiro atoms. The van der Waals surface area contributed by atoms with E-state index in [1.165, 1.54) is 22.3 Å². The van der Waals surface area contributed by atoms with Crippen molar-refractivity contribution in [2.24, 2.45) is 0 Å². The second-order valence-corrected chi connectivity index (χ2v) is 14.2. The molecule has 3 nitrogen and oxygen atoms in total. The van der Waals surface area contributed by atoms with Gasteiger partial charge in [-0.3, -0.25) is 0 Å². The first-order valence-electron chi connectivity index (χ1n) is 17.9. The zero-order chi connectivity index (χ0) is 34.8. The quantitative estimate of drug-likeness (QED) is 0.171. The van der Waals surface area contributed by atoms with Crippen molar-refractivity contribution in [2.45, 2.75) is 19.3 Å². The maximum atomic E-state index is 5.44. The number of rotatable bonds is 5. The molecule has 0 saturated heterocycles. The van der Waals surface area contributed by atoms with Crippen LogP contribution in [0.5, 0.6) is 0 Å². The smallest absolute Gasteiger partial charge is 0.0979 e. The average molecular weight is 666 g/mol. The molecule has 0 aliphatic heterocycles. The molecule has 1 aliphatic rings. The van der Waals surface area contributed by atoms with Crippen LogP contribution >= 0.6 is 0 Å². The number of nitrogens with zero attached hydrogens (tertiary/aromatic N) is 3. The Hall–Kier alpha value is -6.58. The lowest BCUT2D eigenvalue weighted by Crippen LogP contribution is -2.15. The van der Waals surface area contributed by atoms with Crippen LogP contribution in [-0.2, 0) is 5.41 Å². The van der Waals surface area contributed by atoms with Gasteiger partial charge in [0.1, 0.15) is 0 Å². The van der Waals surface area contributed by atoms with E-state index < -0.39 is 0 Å². The van der Waals surface area contributed by atoms with Crippen molar-refractivity contribution in [3.8, 4) is 33.6 Å². The Kier molecular flexibility index (Phi) is 6.84. The summed E-state index contributed by atoms with van der Waals surface area (Å²) in [6.07, 6.45) is 0. The highest BCUT2D eigenvalue weighted by atomic mass is 15.1. The molecule has 246 valence electrons. The predicted molar refractivity (Wildman–Crippen MR) is 218 cm³/mol. The predicted octanol–water partition coefficient (Wildman–Crippen LogP) is 13.0. The number of para-hydroxylation sites is 1. The zero-order valence-corrected chi connectivity index (χ0v) is 29.1. The molecule has 0 radical (unpaired) electrons. The van der Waals surface area contributed by atoms with Gasteiger partial charge in [-0.2, -0.15) is 0 Å². The number of aromatic nitrogens is 2. The molecule has 0 atom stereocenters. The van der Waals surface area contributed by atoms with E-state index >= 15 is 0 Å². The highest BCUT2D eigenvalue weighted by Crippen LogP contribution is 2.50. The molecule has 0 N–H and O–H groups in total. The lowest BCUT2D eigenvalue weighted by Gasteiger charge is -2.27. The van der Waals surface area contributed by atoms with Gasteiger partial charge in [0.15, 0.2) is 0 Å². The third kappa shape index (κ3) is 4.74. The summed E-state index contributed by atoms with van der Waals surface area (Å²) >= 11 is 0. The maximum Gasteiger partial charge on any atom is 0.0979 e. The molecule has 8 aromatic carbocycles. The van der Waals surface area contributed by atoms with E-state index in [4.69, 9.17) is 9.97 Å². The van der Waals surface area contributed by atoms with Crippen LogP contribution in [0.4, 0.5) is 17.1 Å². The van der Waals surface area contributed by atoms with E-state index in [0.717, 1.165) is 72.2 Å². The van der Waals surface area contributed by atoms with E-state index in [9.17, 15) is 0 Å². The van der Waals surface area contributed by atoms with Crippen LogP contribution in [0.15, 0.2) is 176 Å². The minimum Gasteiger partial charge on any atom is -0.310 e. The first-order chi connectivity index (χ1) is 25.5. The molecular formula is C49H35N3. The molecular weight excluding hydrogens is 631 g/mol. The van der Waals surface area contributed by atoms with E-state index in [2.05, 4.69) is 183 Å². The van der Waals surface area contributed by atoms with Gasteiger partial charge in [0.25, 0.3) is 0 Å². The molecule has 1 aromatic heterocycles. The summed E-state index contributed by atoms with van der Waals surface area (Å²) in [4.78, 5) is 13.1. The van der Waals surface area contributed by atoms with Gasteiger partial charge in [-0.1, -0.05) is 147 Å². The number of benzene rings is 8. The van der Waals surface area contributed by atoms with Crippen molar-refractivity contribution in [2.75, 3.05) is 4.90 Å². The van der Waals surface area contributed by atoms with Crippen LogP contribution in [0.1, 0.15) is 25.0 Å². The van der Waals surface area contributed by atoms with Gasteiger partial charge in [0.05, 0.1) is 22.4 Å². The fraction of sp³-hybridized carbons (Fsp3) is 0.0612. The normalized spacial score (nSPS) is 13.0. The summed E-state index contributed by atoms with van der Waals surface area (Å²) < 4.78 is 0. The molecule has 0 amide bonds. The molecule has 52 heavy (non-hydrogen) atoms. The Morgan fingerprint density at radius 1 is 0.442 bits per heavy atom. The number of hydrogen-bond donors (Lipinski definition) is 0. The highest BCUT2D eigenvalue weighted by Gasteiger charge is 2.35. The summed E-state index contributed by atoms with van der Waals surface area (Å²) in [5.74, 6) is 0. The minimum absolute atomic E-state index is 0.0417. The third-order valence-electron chi connectivity index (χ3n) is 10.8. The Morgan fingerprint density at radius 3 is 1.77 bits per heavy atom. The lowest BCUT2D eigenvalue weighted by atomic mass is 9.82. The largest absolute Gasteiger partial charge is 0.310 e. The Morgan fingerprint density at radius 2 is 1.02 bits per heavy atom. The van der Waals surface area contributed by atoms with Crippen molar-refractivity contribution in [3.63, 3.8) is 0 Å². The fourth-order valence-electron chi connectivity index (χ4n) is 8.26. The molecule has 0 fully saturated rings. The van der Waals surface area contributed by atoms with Crippen LogP contribution in [0.2, 0.25) is 0 Å². The van der Waals surface area contributed by atoms with Gasteiger partial charge in [-0.05, 0) is 80.9 Å². The van der Waals surface area contributed by atoms with Crippen LogP contribution in [-0.4, -0.2) is 9.97 Å². The molecule has 0 saturated carbocycles. The summed E-state index contributed by atoms with van der Waals surface area (Å²) in [6, 6.07) is 62.9. The van der Waals surface area contributed by atoms with Gasteiger partial charge in [-0.15, -0.1) is 0 Å². The topological polar surface area (TPSA) is 29.0 Å². The lowest BCUT2D eigenvalue weighted by molar-refractivity contribution is 0.660. The van der Waals surface area contributed by atoms with Gasteiger partial charge in [-0.25, -0.2) is 9.97 Å². The SMILES string of the molecule is CC1(C)c2ccccc2-c2cc(N(c3ccccc3)c3ccc4c(ccc5ccc6nc(-c7ccccc7)c(-c7ccccc7)nc6c54)c3)ccc21. The average Bonchev–Trinajstić information content (AvgIpc) is 3.43. The van der Waals surface area contributed by atoms with Crippen molar-refractivity contribution in [3.05, 3.63) is 187 Å². The second-order valence-electron chi connectivity index (χ2n) is 14.2. The van der Waals surface area contributed by atoms with Gasteiger partial charge in [0, 0.05) is 39.0 Å². The second kappa shape index (κ2) is 11.8. The van der Waals surface area contributed by atoms with Crippen molar-refractivity contribution >= 4 is 49.6 Å². The number of hydrogen-bond acceptors (Lipinski definition) is 3. The Balaban J connectivity index is 1.17. The first-order valence-corrected chi connectivity index (χ1v) is 17.9. The molecule has 1 aliphatic carbocycles. The van der Waals surface area contributed by atoms with E-state index in [1.54, 1.807) is 0 Å². The molecule has 0 unspecified atom stereocenters. The van der Waals surface area contributed by atoms with Crippen molar-refractivity contribution in [1.82, 2.24) is 9.97 Å². The van der Waals surface area contributed by atoms with Crippen LogP contribution < -0.4 is 4.90 Å². The molecule has 0 bridgehead atoms. The Bertz CT molecular complexity index is 2810. The van der Waals surface area contributed by atoms with Crippen LogP contribution in [0.3, 0.4) is 0 Å². The third-order valence-corrected chi connectivity index (χ3v) is 10.8. The summed E-state index contributed by atoms with van der Waals surface area (Å²) in [5, 5.41) is 4.58. The van der Waals surface area contributed by atoms with Crippen LogP contribution in [0, 0.1) is 0 Å².